The fourth-order valence-electron chi connectivity index (χ4n) is 3.19. The molecule has 0 bridgehead atoms. The van der Waals surface area contributed by atoms with Crippen molar-refractivity contribution in [2.24, 2.45) is 0 Å². The molecular weight excluding hydrogens is 382 g/mol. The van der Waals surface area contributed by atoms with Crippen molar-refractivity contribution in [3.8, 4) is 22.9 Å². The molecule has 1 amide bonds. The molecule has 0 spiro atoms. The lowest BCUT2D eigenvalue weighted by Crippen LogP contribution is -2.12. The average Bonchev–Trinajstić information content (AvgIpc) is 3.44. The number of rotatable bonds is 5. The standard InChI is InChI=1S/C23H17N3O4/c27-22(24-18-10-9-16-13-28-14-17(16)11-18)23-25-21(26-30-23)15-5-4-8-20(12-15)29-19-6-2-1-3-7-19/h1-12H,13-14H2,(H,24,27). The van der Waals surface area contributed by atoms with Gasteiger partial charge in [-0.3, -0.25) is 4.79 Å². The SMILES string of the molecule is O=C(Nc1ccc2c(c1)COC2)c1nc(-c2cccc(Oc3ccccc3)c2)no1. The summed E-state index contributed by atoms with van der Waals surface area (Å²) in [6, 6.07) is 22.4. The van der Waals surface area contributed by atoms with E-state index in [9.17, 15) is 4.79 Å². The fraction of sp³-hybridized carbons (Fsp3) is 0.0870. The number of hydrogen-bond acceptors (Lipinski definition) is 6. The third-order valence-corrected chi connectivity index (χ3v) is 4.67. The first kappa shape index (κ1) is 18.1. The summed E-state index contributed by atoms with van der Waals surface area (Å²) in [7, 11) is 0. The van der Waals surface area contributed by atoms with E-state index in [2.05, 4.69) is 15.5 Å². The Labute approximate surface area is 172 Å². The quantitative estimate of drug-likeness (QED) is 0.518. The summed E-state index contributed by atoms with van der Waals surface area (Å²) in [5, 5.41) is 6.71. The molecule has 0 saturated heterocycles. The molecule has 4 aromatic rings. The number of ether oxygens (including phenoxy) is 2. The minimum Gasteiger partial charge on any atom is -0.457 e. The predicted octanol–water partition coefficient (Wildman–Crippen LogP) is 4.81. The van der Waals surface area contributed by atoms with Gasteiger partial charge >= 0.3 is 11.8 Å². The van der Waals surface area contributed by atoms with Crippen LogP contribution in [0.5, 0.6) is 11.5 Å². The number of aromatic nitrogens is 2. The van der Waals surface area contributed by atoms with Crippen LogP contribution in [0.3, 0.4) is 0 Å². The van der Waals surface area contributed by atoms with Crippen LogP contribution in [0.4, 0.5) is 5.69 Å². The Morgan fingerprint density at radius 2 is 1.73 bits per heavy atom. The van der Waals surface area contributed by atoms with Gasteiger partial charge in [0.15, 0.2) is 0 Å². The number of benzene rings is 3. The van der Waals surface area contributed by atoms with Gasteiger partial charge in [0.25, 0.3) is 0 Å². The van der Waals surface area contributed by atoms with Gasteiger partial charge in [0, 0.05) is 11.3 Å². The number of hydrogen-bond donors (Lipinski definition) is 1. The van der Waals surface area contributed by atoms with E-state index in [4.69, 9.17) is 14.0 Å². The van der Waals surface area contributed by atoms with E-state index in [0.29, 0.717) is 36.0 Å². The van der Waals surface area contributed by atoms with Crippen LogP contribution in [-0.4, -0.2) is 16.0 Å². The summed E-state index contributed by atoms with van der Waals surface area (Å²) in [5.41, 5.74) is 3.53. The molecule has 7 heteroatoms. The Bertz CT molecular complexity index is 1200. The molecule has 0 aliphatic carbocycles. The smallest absolute Gasteiger partial charge is 0.316 e. The molecule has 0 radical (unpaired) electrons. The number of fused-ring (bicyclic) bond motifs is 1. The predicted molar refractivity (Wildman–Crippen MR) is 109 cm³/mol. The van der Waals surface area contributed by atoms with Crippen LogP contribution in [-0.2, 0) is 18.0 Å². The van der Waals surface area contributed by atoms with Gasteiger partial charge in [0.05, 0.1) is 13.2 Å². The van der Waals surface area contributed by atoms with Crippen LogP contribution in [0, 0.1) is 0 Å². The zero-order chi connectivity index (χ0) is 20.3. The number of para-hydroxylation sites is 1. The second kappa shape index (κ2) is 7.81. The van der Waals surface area contributed by atoms with Crippen molar-refractivity contribution in [2.45, 2.75) is 13.2 Å². The largest absolute Gasteiger partial charge is 0.457 e. The highest BCUT2D eigenvalue weighted by molar-refractivity contribution is 6.01. The zero-order valence-corrected chi connectivity index (χ0v) is 15.9. The molecular formula is C23H17N3O4. The Kier molecular flexibility index (Phi) is 4.71. The number of amides is 1. The minimum absolute atomic E-state index is 0.115. The number of nitrogens with zero attached hydrogens (tertiary/aromatic N) is 2. The van der Waals surface area contributed by atoms with Gasteiger partial charge in [-0.05, 0) is 47.5 Å². The molecule has 30 heavy (non-hydrogen) atoms. The molecule has 2 heterocycles. The third-order valence-electron chi connectivity index (χ3n) is 4.67. The van der Waals surface area contributed by atoms with E-state index in [1.54, 1.807) is 6.07 Å². The van der Waals surface area contributed by atoms with Crippen molar-refractivity contribution in [1.29, 1.82) is 0 Å². The summed E-state index contributed by atoms with van der Waals surface area (Å²) in [4.78, 5) is 16.7. The maximum Gasteiger partial charge on any atom is 0.316 e. The second-order valence-electron chi connectivity index (χ2n) is 6.80. The summed E-state index contributed by atoms with van der Waals surface area (Å²) < 4.78 is 16.4. The number of carbonyl (C=O) groups is 1. The number of carbonyl (C=O) groups excluding carboxylic acids is 1. The van der Waals surface area contributed by atoms with Gasteiger partial charge in [-0.2, -0.15) is 4.98 Å². The summed E-state index contributed by atoms with van der Waals surface area (Å²) in [5.74, 6) is 1.08. The van der Waals surface area contributed by atoms with Gasteiger partial charge < -0.3 is 19.3 Å². The highest BCUT2D eigenvalue weighted by Gasteiger charge is 2.18. The molecule has 0 atom stereocenters. The third kappa shape index (κ3) is 3.78. The van der Waals surface area contributed by atoms with E-state index >= 15 is 0 Å². The maximum atomic E-state index is 12.5. The van der Waals surface area contributed by atoms with Crippen molar-refractivity contribution < 1.29 is 18.8 Å². The molecule has 0 fully saturated rings. The summed E-state index contributed by atoms with van der Waals surface area (Å²) in [6.07, 6.45) is 0. The van der Waals surface area contributed by atoms with Crippen LogP contribution < -0.4 is 10.1 Å². The van der Waals surface area contributed by atoms with Crippen LogP contribution >= 0.6 is 0 Å². The number of anilines is 1. The van der Waals surface area contributed by atoms with E-state index in [1.165, 1.54) is 0 Å². The molecule has 1 aliphatic heterocycles. The first-order valence-electron chi connectivity index (χ1n) is 9.42. The zero-order valence-electron chi connectivity index (χ0n) is 15.9. The maximum absolute atomic E-state index is 12.5. The second-order valence-corrected chi connectivity index (χ2v) is 6.80. The lowest BCUT2D eigenvalue weighted by molar-refractivity contribution is 0.0981. The first-order chi connectivity index (χ1) is 14.7. The van der Waals surface area contributed by atoms with Gasteiger partial charge in [-0.15, -0.1) is 0 Å². The lowest BCUT2D eigenvalue weighted by atomic mass is 10.1. The topological polar surface area (TPSA) is 86.5 Å². The normalized spacial score (nSPS) is 12.4. The van der Waals surface area contributed by atoms with Gasteiger partial charge in [-0.25, -0.2) is 0 Å². The molecule has 5 rings (SSSR count). The molecule has 148 valence electrons. The van der Waals surface area contributed by atoms with Crippen molar-refractivity contribution in [3.05, 3.63) is 89.8 Å². The van der Waals surface area contributed by atoms with E-state index in [-0.39, 0.29) is 5.89 Å². The molecule has 3 aromatic carbocycles. The van der Waals surface area contributed by atoms with Crippen molar-refractivity contribution >= 4 is 11.6 Å². The molecule has 1 aliphatic rings. The monoisotopic (exact) mass is 399 g/mol. The summed E-state index contributed by atoms with van der Waals surface area (Å²) >= 11 is 0. The summed E-state index contributed by atoms with van der Waals surface area (Å²) in [6.45, 7) is 1.15. The van der Waals surface area contributed by atoms with Crippen molar-refractivity contribution in [3.63, 3.8) is 0 Å². The molecule has 0 unspecified atom stereocenters. The Balaban J connectivity index is 1.31. The van der Waals surface area contributed by atoms with Crippen LogP contribution in [0.1, 0.15) is 21.8 Å². The molecule has 1 N–H and O–H groups in total. The van der Waals surface area contributed by atoms with Crippen LogP contribution in [0.15, 0.2) is 77.3 Å². The first-order valence-corrected chi connectivity index (χ1v) is 9.42. The Morgan fingerprint density at radius 3 is 2.63 bits per heavy atom. The van der Waals surface area contributed by atoms with Crippen molar-refractivity contribution in [2.75, 3.05) is 5.32 Å². The lowest BCUT2D eigenvalue weighted by Gasteiger charge is -2.06. The van der Waals surface area contributed by atoms with Gasteiger partial charge in [0.1, 0.15) is 11.5 Å². The highest BCUT2D eigenvalue weighted by atomic mass is 16.5. The minimum atomic E-state index is -0.468. The Morgan fingerprint density at radius 1 is 0.900 bits per heavy atom. The Hall–Kier alpha value is -3.97. The fourth-order valence-corrected chi connectivity index (χ4v) is 3.19. The van der Waals surface area contributed by atoms with Gasteiger partial charge in [0.2, 0.25) is 5.82 Å². The van der Waals surface area contributed by atoms with Crippen LogP contribution in [0.25, 0.3) is 11.4 Å². The van der Waals surface area contributed by atoms with Gasteiger partial charge in [-0.1, -0.05) is 41.6 Å². The average molecular weight is 399 g/mol. The van der Waals surface area contributed by atoms with E-state index in [0.717, 1.165) is 16.9 Å². The number of nitrogens with one attached hydrogen (secondary N) is 1. The molecule has 7 nitrogen and oxygen atoms in total. The van der Waals surface area contributed by atoms with E-state index in [1.807, 2.05) is 66.7 Å². The molecule has 0 saturated carbocycles. The van der Waals surface area contributed by atoms with Crippen LogP contribution in [0.2, 0.25) is 0 Å². The van der Waals surface area contributed by atoms with E-state index < -0.39 is 5.91 Å². The molecule has 1 aromatic heterocycles. The highest BCUT2D eigenvalue weighted by Crippen LogP contribution is 2.26. The van der Waals surface area contributed by atoms with Crippen molar-refractivity contribution in [1.82, 2.24) is 10.1 Å².